The fourth-order valence-electron chi connectivity index (χ4n) is 2.35. The smallest absolute Gasteiger partial charge is 0.252 e. The molecule has 134 valence electrons. The highest BCUT2D eigenvalue weighted by Crippen LogP contribution is 2.26. The summed E-state index contributed by atoms with van der Waals surface area (Å²) in [4.78, 5) is 13.2. The van der Waals surface area contributed by atoms with E-state index in [2.05, 4.69) is 20.8 Å². The topological polar surface area (TPSA) is 81.9 Å². The second kappa shape index (κ2) is 9.12. The van der Waals surface area contributed by atoms with E-state index in [1.54, 1.807) is 11.8 Å². The van der Waals surface area contributed by atoms with E-state index in [9.17, 15) is 4.79 Å². The van der Waals surface area contributed by atoms with Crippen LogP contribution in [0.2, 0.25) is 0 Å². The van der Waals surface area contributed by atoms with Crippen LogP contribution in [0.1, 0.15) is 16.2 Å². The molecule has 3 rings (SSSR count). The highest BCUT2D eigenvalue weighted by molar-refractivity contribution is 7.98. The molecule has 1 N–H and O–H groups in total. The van der Waals surface area contributed by atoms with Crippen molar-refractivity contribution in [2.24, 2.45) is 0 Å². The molecule has 0 atom stereocenters. The molecule has 0 radical (unpaired) electrons. The summed E-state index contributed by atoms with van der Waals surface area (Å²) in [6.45, 7) is 0.952. The van der Waals surface area contributed by atoms with Crippen LogP contribution in [0.4, 0.5) is 0 Å². The molecule has 0 aliphatic rings. The van der Waals surface area contributed by atoms with Gasteiger partial charge in [0.2, 0.25) is 0 Å². The fraction of sp³-hybridized carbons (Fsp3) is 0.222. The van der Waals surface area contributed by atoms with Gasteiger partial charge in [0, 0.05) is 18.6 Å². The third-order valence-electron chi connectivity index (χ3n) is 3.62. The number of carbonyl (C=O) groups is 1. The summed E-state index contributed by atoms with van der Waals surface area (Å²) in [7, 11) is 1.60. The first-order valence-corrected chi connectivity index (χ1v) is 9.10. The molecule has 8 heteroatoms. The maximum Gasteiger partial charge on any atom is 0.252 e. The Labute approximate surface area is 155 Å². The van der Waals surface area contributed by atoms with Crippen molar-refractivity contribution < 1.29 is 9.53 Å². The number of tetrazole rings is 1. The van der Waals surface area contributed by atoms with Crippen molar-refractivity contribution in [3.05, 3.63) is 66.0 Å². The monoisotopic (exact) mass is 369 g/mol. The van der Waals surface area contributed by atoms with Gasteiger partial charge in [0.25, 0.3) is 5.91 Å². The summed E-state index contributed by atoms with van der Waals surface area (Å²) < 4.78 is 6.67. The second-order valence-electron chi connectivity index (χ2n) is 5.38. The number of benzene rings is 2. The largest absolute Gasteiger partial charge is 0.383 e. The summed E-state index contributed by atoms with van der Waals surface area (Å²) >= 11 is 1.53. The molecule has 2 aromatic carbocycles. The number of carbonyl (C=O) groups excluding carboxylic acids is 1. The number of hydrogen-bond acceptors (Lipinski definition) is 6. The van der Waals surface area contributed by atoms with Crippen LogP contribution in [0, 0.1) is 0 Å². The summed E-state index contributed by atoms with van der Waals surface area (Å²) in [5.74, 6) is 1.15. The first-order valence-electron chi connectivity index (χ1n) is 8.11. The van der Waals surface area contributed by atoms with Crippen molar-refractivity contribution in [1.29, 1.82) is 0 Å². The highest BCUT2D eigenvalue weighted by Gasteiger charge is 2.13. The van der Waals surface area contributed by atoms with Crippen molar-refractivity contribution in [1.82, 2.24) is 25.5 Å². The first-order chi connectivity index (χ1) is 12.8. The van der Waals surface area contributed by atoms with E-state index in [-0.39, 0.29) is 5.91 Å². The van der Waals surface area contributed by atoms with E-state index in [0.29, 0.717) is 24.5 Å². The van der Waals surface area contributed by atoms with E-state index < -0.39 is 0 Å². The van der Waals surface area contributed by atoms with Gasteiger partial charge in [-0.25, -0.2) is 0 Å². The molecule has 26 heavy (non-hydrogen) atoms. The fourth-order valence-corrected chi connectivity index (χ4v) is 3.31. The summed E-state index contributed by atoms with van der Waals surface area (Å²) in [5.41, 5.74) is 1.53. The number of aromatic nitrogens is 4. The number of para-hydroxylation sites is 1. The Morgan fingerprint density at radius 2 is 1.92 bits per heavy atom. The third kappa shape index (κ3) is 4.47. The Hall–Kier alpha value is -2.71. The highest BCUT2D eigenvalue weighted by atomic mass is 32.2. The van der Waals surface area contributed by atoms with E-state index in [4.69, 9.17) is 4.74 Å². The minimum Gasteiger partial charge on any atom is -0.383 e. The third-order valence-corrected chi connectivity index (χ3v) is 4.68. The van der Waals surface area contributed by atoms with Gasteiger partial charge in [-0.1, -0.05) is 30.3 Å². The van der Waals surface area contributed by atoms with Gasteiger partial charge < -0.3 is 10.1 Å². The molecule has 0 fully saturated rings. The van der Waals surface area contributed by atoms with Gasteiger partial charge in [-0.3, -0.25) is 4.79 Å². The summed E-state index contributed by atoms with van der Waals surface area (Å²) in [5, 5.41) is 14.8. The molecule has 0 unspecified atom stereocenters. The number of methoxy groups -OCH3 is 1. The van der Waals surface area contributed by atoms with Crippen LogP contribution in [0.3, 0.4) is 0 Å². The molecule has 1 heterocycles. The number of nitrogens with one attached hydrogen (secondary N) is 1. The lowest BCUT2D eigenvalue weighted by Gasteiger charge is -2.10. The number of ether oxygens (including phenoxy) is 1. The molecule has 0 aliphatic heterocycles. The SMILES string of the molecule is COCCNC(=O)c1ccccc1SCc1nnnn1-c1ccccc1. The number of thioether (sulfide) groups is 1. The normalized spacial score (nSPS) is 10.7. The van der Waals surface area contributed by atoms with Crippen molar-refractivity contribution >= 4 is 17.7 Å². The number of nitrogens with zero attached hydrogens (tertiary/aromatic N) is 4. The lowest BCUT2D eigenvalue weighted by atomic mass is 10.2. The van der Waals surface area contributed by atoms with E-state index in [0.717, 1.165) is 16.4 Å². The molecule has 3 aromatic rings. The van der Waals surface area contributed by atoms with Gasteiger partial charge in [-0.05, 0) is 34.7 Å². The van der Waals surface area contributed by atoms with Gasteiger partial charge in [-0.2, -0.15) is 4.68 Å². The van der Waals surface area contributed by atoms with E-state index in [1.165, 1.54) is 11.8 Å². The predicted octanol–water partition coefficient (Wildman–Crippen LogP) is 2.33. The van der Waals surface area contributed by atoms with Gasteiger partial charge in [-0.15, -0.1) is 16.9 Å². The molecular formula is C18H19N5O2S. The van der Waals surface area contributed by atoms with Crippen LogP contribution >= 0.6 is 11.8 Å². The zero-order valence-corrected chi connectivity index (χ0v) is 15.1. The van der Waals surface area contributed by atoms with Gasteiger partial charge in [0.1, 0.15) is 0 Å². The summed E-state index contributed by atoms with van der Waals surface area (Å²) in [6, 6.07) is 17.2. The zero-order valence-electron chi connectivity index (χ0n) is 14.3. The second-order valence-corrected chi connectivity index (χ2v) is 6.39. The quantitative estimate of drug-likeness (QED) is 0.485. The zero-order chi connectivity index (χ0) is 18.2. The Kier molecular flexibility index (Phi) is 6.34. The van der Waals surface area contributed by atoms with Crippen molar-refractivity contribution in [2.45, 2.75) is 10.6 Å². The molecule has 0 saturated carbocycles. The summed E-state index contributed by atoms with van der Waals surface area (Å²) in [6.07, 6.45) is 0. The Morgan fingerprint density at radius 3 is 2.73 bits per heavy atom. The Balaban J connectivity index is 1.72. The minimum atomic E-state index is -0.118. The lowest BCUT2D eigenvalue weighted by Crippen LogP contribution is -2.27. The van der Waals surface area contributed by atoms with E-state index >= 15 is 0 Å². The number of hydrogen-bond donors (Lipinski definition) is 1. The van der Waals surface area contributed by atoms with Crippen molar-refractivity contribution in [2.75, 3.05) is 20.3 Å². The molecule has 1 amide bonds. The minimum absolute atomic E-state index is 0.118. The van der Waals surface area contributed by atoms with Gasteiger partial charge in [0.15, 0.2) is 5.82 Å². The molecule has 0 saturated heterocycles. The van der Waals surface area contributed by atoms with Crippen molar-refractivity contribution in [3.8, 4) is 5.69 Å². The molecule has 0 bridgehead atoms. The molecule has 7 nitrogen and oxygen atoms in total. The predicted molar refractivity (Wildman–Crippen MR) is 99.4 cm³/mol. The standard InChI is InChI=1S/C18H19N5O2S/c1-25-12-11-19-18(24)15-9-5-6-10-16(15)26-13-17-20-21-22-23(17)14-7-3-2-4-8-14/h2-10H,11-13H2,1H3,(H,19,24). The first kappa shape index (κ1) is 18.1. The Morgan fingerprint density at radius 1 is 1.15 bits per heavy atom. The van der Waals surface area contributed by atoms with Crippen LogP contribution in [0.15, 0.2) is 59.5 Å². The van der Waals surface area contributed by atoms with Crippen LogP contribution in [0.25, 0.3) is 5.69 Å². The van der Waals surface area contributed by atoms with Crippen LogP contribution in [0.5, 0.6) is 0 Å². The number of rotatable bonds is 8. The lowest BCUT2D eigenvalue weighted by molar-refractivity contribution is 0.0934. The van der Waals surface area contributed by atoms with Gasteiger partial charge >= 0.3 is 0 Å². The molecule has 0 spiro atoms. The van der Waals surface area contributed by atoms with Gasteiger partial charge in [0.05, 0.1) is 23.6 Å². The van der Waals surface area contributed by atoms with E-state index in [1.807, 2.05) is 54.6 Å². The van der Waals surface area contributed by atoms with Crippen molar-refractivity contribution in [3.63, 3.8) is 0 Å². The average Bonchev–Trinajstić information content (AvgIpc) is 3.16. The van der Waals surface area contributed by atoms with Crippen LogP contribution in [-0.4, -0.2) is 46.4 Å². The maximum atomic E-state index is 12.4. The number of amides is 1. The molecule has 0 aliphatic carbocycles. The van der Waals surface area contributed by atoms with Crippen LogP contribution < -0.4 is 5.32 Å². The van der Waals surface area contributed by atoms with Crippen LogP contribution in [-0.2, 0) is 10.5 Å². The maximum absolute atomic E-state index is 12.4. The molecular weight excluding hydrogens is 350 g/mol. The average molecular weight is 369 g/mol. The Bertz CT molecular complexity index is 854. The molecule has 1 aromatic heterocycles.